The molecule has 0 aliphatic heterocycles. The molecule has 5 nitrogen and oxygen atoms in total. The summed E-state index contributed by atoms with van der Waals surface area (Å²) in [4.78, 5) is 19.4. The van der Waals surface area contributed by atoms with Crippen molar-refractivity contribution in [1.29, 1.82) is 0 Å². The van der Waals surface area contributed by atoms with Crippen LogP contribution >= 0.6 is 0 Å². The zero-order valence-corrected chi connectivity index (χ0v) is 9.25. The summed E-state index contributed by atoms with van der Waals surface area (Å²) < 4.78 is 4.72. The molecule has 17 heavy (non-hydrogen) atoms. The molecule has 0 amide bonds. The molecule has 0 bridgehead atoms. The van der Waals surface area contributed by atoms with Crippen LogP contribution in [0.15, 0.2) is 36.9 Å². The van der Waals surface area contributed by atoms with E-state index >= 15 is 0 Å². The zero-order chi connectivity index (χ0) is 12.3. The maximum absolute atomic E-state index is 11.6. The topological polar surface area (TPSA) is 78.1 Å². The predicted molar refractivity (Wildman–Crippen MR) is 63.2 cm³/mol. The molecule has 86 valence electrons. The van der Waals surface area contributed by atoms with Crippen molar-refractivity contribution in [3.05, 3.63) is 42.5 Å². The van der Waals surface area contributed by atoms with Crippen molar-refractivity contribution in [2.24, 2.45) is 0 Å². The van der Waals surface area contributed by atoms with Crippen LogP contribution in [0.4, 0.5) is 5.69 Å². The number of carbonyl (C=O) groups excluding carboxylic acids is 1. The highest BCUT2D eigenvalue weighted by Crippen LogP contribution is 2.25. The molecule has 2 aromatic rings. The van der Waals surface area contributed by atoms with E-state index < -0.39 is 5.97 Å². The molecular formula is C12H11N3O2. The second-order valence-corrected chi connectivity index (χ2v) is 3.42. The number of hydrogen-bond donors (Lipinski definition) is 1. The Labute approximate surface area is 98.3 Å². The van der Waals surface area contributed by atoms with Gasteiger partial charge in [-0.1, -0.05) is 0 Å². The molecule has 0 spiro atoms. The average molecular weight is 229 g/mol. The van der Waals surface area contributed by atoms with Gasteiger partial charge in [-0.2, -0.15) is 0 Å². The number of benzene rings is 1. The molecule has 2 rings (SSSR count). The molecule has 1 aromatic heterocycles. The van der Waals surface area contributed by atoms with Crippen LogP contribution in [0, 0.1) is 0 Å². The van der Waals surface area contributed by atoms with Crippen molar-refractivity contribution in [1.82, 2.24) is 9.97 Å². The molecule has 0 fully saturated rings. The average Bonchev–Trinajstić information content (AvgIpc) is 2.39. The minimum atomic E-state index is -0.413. The van der Waals surface area contributed by atoms with Crippen LogP contribution in [0.5, 0.6) is 0 Å². The van der Waals surface area contributed by atoms with Gasteiger partial charge in [0.25, 0.3) is 0 Å². The third kappa shape index (κ3) is 2.23. The van der Waals surface area contributed by atoms with Gasteiger partial charge in [0.05, 0.1) is 12.7 Å². The van der Waals surface area contributed by atoms with E-state index in [4.69, 9.17) is 10.5 Å². The summed E-state index contributed by atoms with van der Waals surface area (Å²) in [7, 11) is 1.34. The van der Waals surface area contributed by atoms with E-state index in [1.54, 1.807) is 30.6 Å². The van der Waals surface area contributed by atoms with E-state index in [-0.39, 0.29) is 0 Å². The first-order valence-electron chi connectivity index (χ1n) is 4.95. The molecule has 0 saturated heterocycles. The van der Waals surface area contributed by atoms with Crippen LogP contribution < -0.4 is 5.73 Å². The second-order valence-electron chi connectivity index (χ2n) is 3.42. The van der Waals surface area contributed by atoms with Crippen LogP contribution in [0.3, 0.4) is 0 Å². The van der Waals surface area contributed by atoms with Crippen LogP contribution in [-0.2, 0) is 4.74 Å². The van der Waals surface area contributed by atoms with Crippen LogP contribution in [-0.4, -0.2) is 23.0 Å². The van der Waals surface area contributed by atoms with E-state index in [9.17, 15) is 4.79 Å². The molecule has 0 aliphatic carbocycles. The lowest BCUT2D eigenvalue weighted by molar-refractivity contribution is 0.0601. The smallest absolute Gasteiger partial charge is 0.338 e. The predicted octanol–water partition coefficient (Wildman–Crippen LogP) is 1.51. The van der Waals surface area contributed by atoms with Crippen molar-refractivity contribution in [3.63, 3.8) is 0 Å². The summed E-state index contributed by atoms with van der Waals surface area (Å²) in [6.45, 7) is 0. The molecule has 1 heterocycles. The number of nitrogens with two attached hydrogens (primary N) is 1. The molecule has 0 radical (unpaired) electrons. The number of esters is 1. The zero-order valence-electron chi connectivity index (χ0n) is 9.25. The highest BCUT2D eigenvalue weighted by molar-refractivity contribution is 5.97. The molecule has 0 unspecified atom stereocenters. The van der Waals surface area contributed by atoms with Gasteiger partial charge in [-0.15, -0.1) is 0 Å². The van der Waals surface area contributed by atoms with Crippen molar-refractivity contribution >= 4 is 11.7 Å². The van der Waals surface area contributed by atoms with E-state index in [1.807, 2.05) is 0 Å². The van der Waals surface area contributed by atoms with Gasteiger partial charge >= 0.3 is 5.97 Å². The number of rotatable bonds is 2. The number of nitrogens with zero attached hydrogens (tertiary/aromatic N) is 2. The molecule has 0 atom stereocenters. The van der Waals surface area contributed by atoms with Gasteiger partial charge in [0.2, 0.25) is 0 Å². The molecule has 2 N–H and O–H groups in total. The fraction of sp³-hybridized carbons (Fsp3) is 0.0833. The summed E-state index contributed by atoms with van der Waals surface area (Å²) in [5.74, 6) is -0.413. The highest BCUT2D eigenvalue weighted by Gasteiger charge is 2.13. The molecule has 0 saturated carbocycles. The Kier molecular flexibility index (Phi) is 3.00. The molecule has 0 aliphatic rings. The third-order valence-electron chi connectivity index (χ3n) is 2.32. The highest BCUT2D eigenvalue weighted by atomic mass is 16.5. The number of ether oxygens (including phenoxy) is 1. The van der Waals surface area contributed by atoms with Crippen LogP contribution in [0.2, 0.25) is 0 Å². The van der Waals surface area contributed by atoms with Gasteiger partial charge in [0.1, 0.15) is 6.33 Å². The van der Waals surface area contributed by atoms with Gasteiger partial charge in [-0.05, 0) is 18.2 Å². The minimum absolute atomic E-state index is 0.413. The Morgan fingerprint density at radius 2 is 2.00 bits per heavy atom. The molecule has 5 heteroatoms. The number of methoxy groups -OCH3 is 1. The summed E-state index contributed by atoms with van der Waals surface area (Å²) in [5.41, 5.74) is 8.11. The Morgan fingerprint density at radius 1 is 1.29 bits per heavy atom. The Balaban J connectivity index is 2.59. The summed E-state index contributed by atoms with van der Waals surface area (Å²) in [6.07, 6.45) is 4.66. The number of hydrogen-bond acceptors (Lipinski definition) is 5. The fourth-order valence-electron chi connectivity index (χ4n) is 1.53. The number of nitrogen functional groups attached to an aromatic ring is 1. The minimum Gasteiger partial charge on any atom is -0.465 e. The Morgan fingerprint density at radius 3 is 2.65 bits per heavy atom. The van der Waals surface area contributed by atoms with Crippen molar-refractivity contribution in [3.8, 4) is 11.1 Å². The van der Waals surface area contributed by atoms with Gasteiger partial charge < -0.3 is 10.5 Å². The first kappa shape index (κ1) is 11.1. The van der Waals surface area contributed by atoms with E-state index in [0.29, 0.717) is 16.8 Å². The molecular weight excluding hydrogens is 218 g/mol. The SMILES string of the molecule is COC(=O)c1ccc(N)cc1-c1cncnc1. The Hall–Kier alpha value is -2.43. The van der Waals surface area contributed by atoms with Crippen LogP contribution in [0.1, 0.15) is 10.4 Å². The largest absolute Gasteiger partial charge is 0.465 e. The summed E-state index contributed by atoms with van der Waals surface area (Å²) in [5, 5.41) is 0. The standard InChI is InChI=1S/C12H11N3O2/c1-17-12(16)10-3-2-9(13)4-11(10)8-5-14-7-15-6-8/h2-7H,13H2,1H3. The number of anilines is 1. The lowest BCUT2D eigenvalue weighted by Crippen LogP contribution is -2.04. The van der Waals surface area contributed by atoms with Crippen molar-refractivity contribution < 1.29 is 9.53 Å². The summed E-state index contributed by atoms with van der Waals surface area (Å²) >= 11 is 0. The van der Waals surface area contributed by atoms with Gasteiger partial charge in [-0.3, -0.25) is 0 Å². The van der Waals surface area contributed by atoms with E-state index in [0.717, 1.165) is 5.56 Å². The van der Waals surface area contributed by atoms with Crippen molar-refractivity contribution in [2.75, 3.05) is 12.8 Å². The Bertz CT molecular complexity index is 541. The third-order valence-corrected chi connectivity index (χ3v) is 2.32. The lowest BCUT2D eigenvalue weighted by atomic mass is 10.0. The second kappa shape index (κ2) is 4.61. The quantitative estimate of drug-likeness (QED) is 0.623. The van der Waals surface area contributed by atoms with E-state index in [1.165, 1.54) is 13.4 Å². The first-order valence-corrected chi connectivity index (χ1v) is 4.95. The monoisotopic (exact) mass is 229 g/mol. The number of aromatic nitrogens is 2. The first-order chi connectivity index (χ1) is 8.22. The maximum atomic E-state index is 11.6. The fourth-order valence-corrected chi connectivity index (χ4v) is 1.53. The lowest BCUT2D eigenvalue weighted by Gasteiger charge is -2.08. The summed E-state index contributed by atoms with van der Waals surface area (Å²) in [6, 6.07) is 4.98. The molecule has 1 aromatic carbocycles. The van der Waals surface area contributed by atoms with Gasteiger partial charge in [-0.25, -0.2) is 14.8 Å². The van der Waals surface area contributed by atoms with Gasteiger partial charge in [0, 0.05) is 29.2 Å². The van der Waals surface area contributed by atoms with Gasteiger partial charge in [0.15, 0.2) is 0 Å². The van der Waals surface area contributed by atoms with Crippen molar-refractivity contribution in [2.45, 2.75) is 0 Å². The van der Waals surface area contributed by atoms with E-state index in [2.05, 4.69) is 9.97 Å². The maximum Gasteiger partial charge on any atom is 0.338 e. The normalized spacial score (nSPS) is 9.94. The number of carbonyl (C=O) groups is 1. The van der Waals surface area contributed by atoms with Crippen LogP contribution in [0.25, 0.3) is 11.1 Å².